The number of hydrogen-bond acceptors (Lipinski definition) is 16. The van der Waals surface area contributed by atoms with Gasteiger partial charge in [-0.3, -0.25) is 9.59 Å². The van der Waals surface area contributed by atoms with Gasteiger partial charge in [0.05, 0.1) is 44.5 Å². The Bertz CT molecular complexity index is 2360. The number of Topliss-reactive ketones (excluding diaryl/α,β-unsaturated/α-hetero) is 1. The number of methoxy groups -OCH3 is 2. The Hall–Kier alpha value is -4.75. The molecular weight excluding hydrogens is 923 g/mol. The molecule has 2 aliphatic heterocycles. The van der Waals surface area contributed by atoms with Crippen LogP contribution >= 0.6 is 0 Å². The summed E-state index contributed by atoms with van der Waals surface area (Å²) in [5, 5.41) is 16.9. The number of aliphatic hydroxyl groups is 1. The summed E-state index contributed by atoms with van der Waals surface area (Å²) in [6.07, 6.45) is -7.06. The van der Waals surface area contributed by atoms with Gasteiger partial charge in [0.2, 0.25) is 8.32 Å². The average Bonchev–Trinajstić information content (AvgIpc) is 3.88. The van der Waals surface area contributed by atoms with Gasteiger partial charge in [0.15, 0.2) is 17.5 Å². The van der Waals surface area contributed by atoms with Crippen molar-refractivity contribution in [3.63, 3.8) is 0 Å². The number of benzene rings is 1. The molecule has 17 nitrogen and oxygen atoms in total. The predicted octanol–water partition coefficient (Wildman–Crippen LogP) is 8.12. The molecule has 7 rings (SSSR count). The summed E-state index contributed by atoms with van der Waals surface area (Å²) < 4.78 is 62.6. The SMILES string of the molecule is COc1ccc(OC)c(C(=O)O[C@H]2[C@@H]3[C@]4(OC(C)=O)CO[C@@H]4C[C@H]4O[C@H](C(=O)[C@@]34C)C3=C(C)[C@@H](OC(=O)[C@H](O[Si](C(C)C)(C(C)C)C(C)C)[C@@H](NC(=O)OC(C)(C)C)c4ccco4)C[C@]2(O)C3(C)C)c1. The number of ether oxygens (including phenoxy) is 8. The number of carbonyl (C=O) groups is 5. The molecule has 0 spiro atoms. The van der Waals surface area contributed by atoms with E-state index < -0.39 is 109 Å². The molecule has 3 heterocycles. The van der Waals surface area contributed by atoms with Crippen LogP contribution < -0.4 is 14.8 Å². The highest BCUT2D eigenvalue weighted by Gasteiger charge is 2.80. The molecule has 70 heavy (non-hydrogen) atoms. The number of rotatable bonds is 15. The summed E-state index contributed by atoms with van der Waals surface area (Å²) >= 11 is 0. The van der Waals surface area contributed by atoms with E-state index in [1.807, 2.05) is 0 Å². The fourth-order valence-electron chi connectivity index (χ4n) is 12.9. The Labute approximate surface area is 412 Å². The van der Waals surface area contributed by atoms with Crippen LogP contribution in [0.3, 0.4) is 0 Å². The zero-order valence-electron chi connectivity index (χ0n) is 43.5. The first-order valence-electron chi connectivity index (χ1n) is 24.3. The first-order chi connectivity index (χ1) is 32.5. The number of hydrogen-bond donors (Lipinski definition) is 2. The minimum absolute atomic E-state index is 0.0325. The van der Waals surface area contributed by atoms with Gasteiger partial charge in [-0.2, -0.15) is 0 Å². The number of ketones is 1. The van der Waals surface area contributed by atoms with Gasteiger partial charge < -0.3 is 57.2 Å². The second kappa shape index (κ2) is 18.7. The van der Waals surface area contributed by atoms with Crippen molar-refractivity contribution >= 4 is 38.1 Å². The zero-order valence-corrected chi connectivity index (χ0v) is 44.5. The first-order valence-corrected chi connectivity index (χ1v) is 26.5. The third-order valence-corrected chi connectivity index (χ3v) is 22.2. The third-order valence-electron chi connectivity index (χ3n) is 16.1. The molecule has 2 saturated carbocycles. The highest BCUT2D eigenvalue weighted by atomic mass is 28.4. The van der Waals surface area contributed by atoms with Crippen LogP contribution in [0.25, 0.3) is 0 Å². The van der Waals surface area contributed by atoms with Crippen molar-refractivity contribution in [2.75, 3.05) is 20.8 Å². The third kappa shape index (κ3) is 8.46. The number of amides is 1. The molecule has 4 fully saturated rings. The molecule has 3 aliphatic carbocycles. The molecule has 2 saturated heterocycles. The summed E-state index contributed by atoms with van der Waals surface area (Å²) in [7, 11) is -0.189. The van der Waals surface area contributed by atoms with E-state index in [4.69, 9.17) is 46.7 Å². The van der Waals surface area contributed by atoms with Gasteiger partial charge in [-0.15, -0.1) is 0 Å². The molecule has 386 valence electrons. The summed E-state index contributed by atoms with van der Waals surface area (Å²) in [6.45, 7) is 25.5. The van der Waals surface area contributed by atoms with Crippen molar-refractivity contribution in [1.82, 2.24) is 5.32 Å². The summed E-state index contributed by atoms with van der Waals surface area (Å²) in [5.74, 6) is -3.49. The van der Waals surface area contributed by atoms with Crippen molar-refractivity contribution < 1.29 is 75.8 Å². The molecule has 0 unspecified atom stereocenters. The molecule has 5 aliphatic rings. The van der Waals surface area contributed by atoms with E-state index in [1.54, 1.807) is 72.7 Å². The Morgan fingerprint density at radius 2 is 1.59 bits per heavy atom. The molecule has 4 bridgehead atoms. The number of carbonyl (C=O) groups excluding carboxylic acids is 5. The molecule has 2 aromatic rings. The van der Waals surface area contributed by atoms with Gasteiger partial charge in [-0.05, 0) is 92.7 Å². The van der Waals surface area contributed by atoms with Crippen LogP contribution in [0.15, 0.2) is 52.2 Å². The Kier molecular flexibility index (Phi) is 14.2. The van der Waals surface area contributed by atoms with E-state index in [9.17, 15) is 19.5 Å². The minimum atomic E-state index is -3.03. The number of fused-ring (bicyclic) bond motifs is 6. The van der Waals surface area contributed by atoms with Crippen LogP contribution in [-0.4, -0.2) is 117 Å². The van der Waals surface area contributed by atoms with Gasteiger partial charge in [-0.25, -0.2) is 14.4 Å². The van der Waals surface area contributed by atoms with Crippen molar-refractivity contribution in [3.05, 3.63) is 59.1 Å². The van der Waals surface area contributed by atoms with E-state index >= 15 is 9.59 Å². The van der Waals surface area contributed by atoms with Crippen LogP contribution in [-0.2, 0) is 47.2 Å². The molecule has 2 N–H and O–H groups in total. The lowest BCUT2D eigenvalue weighted by Gasteiger charge is -2.65. The maximum absolute atomic E-state index is 15.6. The predicted molar refractivity (Wildman–Crippen MR) is 256 cm³/mol. The molecule has 1 aromatic carbocycles. The van der Waals surface area contributed by atoms with Gasteiger partial charge in [0, 0.05) is 25.2 Å². The zero-order chi connectivity index (χ0) is 51.8. The van der Waals surface area contributed by atoms with Gasteiger partial charge in [0.1, 0.15) is 64.5 Å². The van der Waals surface area contributed by atoms with Crippen LogP contribution in [0.4, 0.5) is 4.79 Å². The fraction of sp³-hybridized carbons (Fsp3) is 0.673. The molecule has 1 aromatic heterocycles. The van der Waals surface area contributed by atoms with Gasteiger partial charge in [-0.1, -0.05) is 55.4 Å². The Morgan fingerprint density at radius 1 is 0.929 bits per heavy atom. The minimum Gasteiger partial charge on any atom is -0.497 e. The molecule has 1 amide bonds. The average molecular weight is 996 g/mol. The normalized spacial score (nSPS) is 30.9. The number of nitrogens with one attached hydrogen (secondary N) is 1. The van der Waals surface area contributed by atoms with Crippen LogP contribution in [0.5, 0.6) is 11.5 Å². The van der Waals surface area contributed by atoms with Gasteiger partial charge in [0.25, 0.3) is 0 Å². The van der Waals surface area contributed by atoms with Gasteiger partial charge >= 0.3 is 24.0 Å². The van der Waals surface area contributed by atoms with E-state index in [2.05, 4.69) is 46.9 Å². The van der Waals surface area contributed by atoms with E-state index in [0.717, 1.165) is 0 Å². The summed E-state index contributed by atoms with van der Waals surface area (Å²) in [4.78, 5) is 73.0. The van der Waals surface area contributed by atoms with Crippen molar-refractivity contribution in [1.29, 1.82) is 0 Å². The lowest BCUT2D eigenvalue weighted by molar-refractivity contribution is -0.338. The lowest BCUT2D eigenvalue weighted by atomic mass is 9.46. The van der Waals surface area contributed by atoms with Crippen LogP contribution in [0, 0.1) is 16.7 Å². The smallest absolute Gasteiger partial charge is 0.408 e. The first kappa shape index (κ1) is 53.1. The molecule has 18 heteroatoms. The number of esters is 3. The molecular formula is C52H73NO16Si. The molecule has 11 atom stereocenters. The summed E-state index contributed by atoms with van der Waals surface area (Å²) in [5.41, 5.74) is -7.02. The fourth-order valence-corrected chi connectivity index (χ4v) is 18.4. The van der Waals surface area contributed by atoms with Crippen molar-refractivity contribution in [2.24, 2.45) is 16.7 Å². The number of alkyl carbamates (subject to hydrolysis) is 1. The second-order valence-electron chi connectivity index (χ2n) is 22.4. The largest absolute Gasteiger partial charge is 0.497 e. The Morgan fingerprint density at radius 3 is 2.11 bits per heavy atom. The van der Waals surface area contributed by atoms with Crippen LogP contribution in [0.2, 0.25) is 16.6 Å². The maximum Gasteiger partial charge on any atom is 0.408 e. The lowest BCUT2D eigenvalue weighted by Crippen LogP contribution is -2.80. The monoisotopic (exact) mass is 995 g/mol. The standard InChI is InChI=1S/C52H73NO16Si/c1-26(2)70(27(3)4,28(5)6)69-41(39(34-18-17-21-62-34)53-47(58)68-48(9,10)11)46(57)64-35-24-52(59)44(66-45(56)32-22-31(60-15)19-20-33(32)61-16)42-50(14)36(23-37-51(42,25-63-37)67-30(8)54)65-40(43(50)55)38(29(35)7)49(52,12)13/h17-22,26-28,35-37,39-42,44,59H,23-25H2,1-16H3,(H,53,58)/t35-,36+,37+,39-,40-,41+,42-,44-,50+,51-,52+/m0/s1. The molecule has 0 radical (unpaired) electrons. The quantitative estimate of drug-likeness (QED) is 0.0746. The van der Waals surface area contributed by atoms with Crippen molar-refractivity contribution in [3.8, 4) is 11.5 Å². The van der Waals surface area contributed by atoms with E-state index in [-0.39, 0.29) is 58.9 Å². The second-order valence-corrected chi connectivity index (χ2v) is 27.8. The topological polar surface area (TPSA) is 214 Å². The summed E-state index contributed by atoms with van der Waals surface area (Å²) in [6, 6.07) is 6.58. The Balaban J connectivity index is 1.43. The van der Waals surface area contributed by atoms with E-state index in [0.29, 0.717) is 16.9 Å². The highest BCUT2D eigenvalue weighted by Crippen LogP contribution is 2.67. The maximum atomic E-state index is 15.6. The van der Waals surface area contributed by atoms with Crippen LogP contribution in [0.1, 0.15) is 132 Å². The number of furan rings is 1. The van der Waals surface area contributed by atoms with Crippen molar-refractivity contribution in [2.45, 2.75) is 186 Å². The highest BCUT2D eigenvalue weighted by molar-refractivity contribution is 6.77. The van der Waals surface area contributed by atoms with E-state index in [1.165, 1.54) is 33.5 Å².